The zero-order valence-electron chi connectivity index (χ0n) is 15.9. The lowest BCUT2D eigenvalue weighted by atomic mass is 9.95. The second-order valence-electron chi connectivity index (χ2n) is 6.86. The van der Waals surface area contributed by atoms with Gasteiger partial charge in [-0.2, -0.15) is 0 Å². The molecule has 0 spiro atoms. The number of ketones is 1. The van der Waals surface area contributed by atoms with Gasteiger partial charge in [0.05, 0.1) is 16.5 Å². The molecule has 0 radical (unpaired) electrons. The first-order chi connectivity index (χ1) is 14.9. The highest BCUT2D eigenvalue weighted by Crippen LogP contribution is 2.42. The first-order valence-electron chi connectivity index (χ1n) is 9.25. The number of carbonyl (C=O) groups is 2. The molecule has 1 aliphatic rings. The topological polar surface area (TPSA) is 101 Å². The molecule has 0 bridgehead atoms. The molecule has 3 aromatic carbocycles. The molecule has 7 nitrogen and oxygen atoms in total. The lowest BCUT2D eigenvalue weighted by Gasteiger charge is -2.25. The molecule has 1 amide bonds. The van der Waals surface area contributed by atoms with Crippen LogP contribution in [0.4, 0.5) is 11.4 Å². The van der Waals surface area contributed by atoms with E-state index < -0.39 is 22.7 Å². The lowest BCUT2D eigenvalue weighted by molar-refractivity contribution is -0.384. The predicted molar refractivity (Wildman–Crippen MR) is 116 cm³/mol. The van der Waals surface area contributed by atoms with Crippen molar-refractivity contribution in [3.05, 3.63) is 111 Å². The zero-order chi connectivity index (χ0) is 22.1. The number of rotatable bonds is 4. The fraction of sp³-hybridized carbons (Fsp3) is 0.0435. The third kappa shape index (κ3) is 3.67. The Bertz CT molecular complexity index is 1220. The van der Waals surface area contributed by atoms with Gasteiger partial charge in [0, 0.05) is 28.4 Å². The van der Waals surface area contributed by atoms with Gasteiger partial charge in [0.25, 0.3) is 17.4 Å². The van der Waals surface area contributed by atoms with E-state index >= 15 is 0 Å². The molecule has 1 heterocycles. The maximum Gasteiger partial charge on any atom is 0.300 e. The smallest absolute Gasteiger partial charge is 0.300 e. The zero-order valence-corrected chi connectivity index (χ0v) is 16.7. The average molecular weight is 435 g/mol. The molecule has 0 saturated carbocycles. The fourth-order valence-electron chi connectivity index (χ4n) is 3.58. The number of aliphatic hydroxyl groups excluding tert-OH is 1. The number of halogens is 1. The molecule has 1 N–H and O–H groups in total. The summed E-state index contributed by atoms with van der Waals surface area (Å²) in [6, 6.07) is 19.2. The number of nitro groups is 1. The number of aliphatic hydroxyl groups is 1. The minimum atomic E-state index is -1.05. The van der Waals surface area contributed by atoms with Crippen molar-refractivity contribution >= 4 is 40.4 Å². The van der Waals surface area contributed by atoms with Crippen molar-refractivity contribution in [2.75, 3.05) is 4.90 Å². The number of Topliss-reactive ketones (excluding diaryl/α,β-unsaturated/α-hetero) is 1. The highest BCUT2D eigenvalue weighted by atomic mass is 35.5. The van der Waals surface area contributed by atoms with Crippen LogP contribution in [0.3, 0.4) is 0 Å². The maximum atomic E-state index is 13.0. The summed E-state index contributed by atoms with van der Waals surface area (Å²) in [6.07, 6.45) is 0. The molecule has 8 heteroatoms. The predicted octanol–water partition coefficient (Wildman–Crippen LogP) is 4.87. The summed E-state index contributed by atoms with van der Waals surface area (Å²) in [7, 11) is 0. The molecule has 3 aromatic rings. The van der Waals surface area contributed by atoms with Crippen LogP contribution >= 0.6 is 11.6 Å². The molecule has 1 aliphatic heterocycles. The van der Waals surface area contributed by atoms with Gasteiger partial charge in [-0.15, -0.1) is 0 Å². The monoisotopic (exact) mass is 434 g/mol. The Morgan fingerprint density at radius 1 is 0.968 bits per heavy atom. The quantitative estimate of drug-likeness (QED) is 0.207. The van der Waals surface area contributed by atoms with E-state index in [1.165, 1.54) is 23.1 Å². The van der Waals surface area contributed by atoms with Crippen LogP contribution < -0.4 is 4.90 Å². The molecule has 1 fully saturated rings. The Morgan fingerprint density at radius 3 is 2.29 bits per heavy atom. The Hall–Kier alpha value is -3.97. The van der Waals surface area contributed by atoms with Crippen LogP contribution in [0.5, 0.6) is 0 Å². The van der Waals surface area contributed by atoms with E-state index in [9.17, 15) is 24.8 Å². The summed E-state index contributed by atoms with van der Waals surface area (Å²) < 4.78 is 0. The van der Waals surface area contributed by atoms with E-state index in [0.29, 0.717) is 21.8 Å². The van der Waals surface area contributed by atoms with Crippen LogP contribution in [0, 0.1) is 10.1 Å². The molecule has 0 aromatic heterocycles. The molecule has 1 saturated heterocycles. The van der Waals surface area contributed by atoms with E-state index in [0.717, 1.165) is 0 Å². The number of amides is 1. The van der Waals surface area contributed by atoms with E-state index in [-0.39, 0.29) is 17.0 Å². The van der Waals surface area contributed by atoms with Crippen molar-refractivity contribution in [3.63, 3.8) is 0 Å². The minimum Gasteiger partial charge on any atom is -0.507 e. The molecule has 1 atom stereocenters. The normalized spacial score (nSPS) is 17.7. The third-order valence-electron chi connectivity index (χ3n) is 4.99. The standard InChI is InChI=1S/C23H15ClN2O5/c24-16-9-11-17(12-10-16)25-20(15-7-4-8-18(13-15)26(30)31)19(22(28)23(25)29)21(27)14-5-2-1-3-6-14/h1-13,20,27H/t20-/m0/s1. The molecular formula is C23H15ClN2O5. The number of hydrogen-bond acceptors (Lipinski definition) is 5. The van der Waals surface area contributed by atoms with Crippen molar-refractivity contribution < 1.29 is 19.6 Å². The van der Waals surface area contributed by atoms with Gasteiger partial charge in [0.15, 0.2) is 0 Å². The lowest BCUT2D eigenvalue weighted by Crippen LogP contribution is -2.29. The van der Waals surface area contributed by atoms with Gasteiger partial charge in [0.1, 0.15) is 5.76 Å². The van der Waals surface area contributed by atoms with E-state index in [4.69, 9.17) is 11.6 Å². The molecule has 0 aliphatic carbocycles. The first-order valence-corrected chi connectivity index (χ1v) is 9.62. The van der Waals surface area contributed by atoms with Crippen LogP contribution in [0.15, 0.2) is 84.4 Å². The third-order valence-corrected chi connectivity index (χ3v) is 5.25. The Kier molecular flexibility index (Phi) is 5.27. The van der Waals surface area contributed by atoms with Gasteiger partial charge in [-0.1, -0.05) is 54.1 Å². The summed E-state index contributed by atoms with van der Waals surface area (Å²) in [5.74, 6) is -2.09. The number of carbonyl (C=O) groups excluding carboxylic acids is 2. The van der Waals surface area contributed by atoms with Crippen molar-refractivity contribution in [2.45, 2.75) is 6.04 Å². The van der Waals surface area contributed by atoms with E-state index in [1.807, 2.05) is 0 Å². The molecule has 4 rings (SSSR count). The van der Waals surface area contributed by atoms with Gasteiger partial charge >= 0.3 is 0 Å². The summed E-state index contributed by atoms with van der Waals surface area (Å²) in [5, 5.41) is 22.7. The van der Waals surface area contributed by atoms with Gasteiger partial charge in [-0.05, 0) is 29.8 Å². The fourth-order valence-corrected chi connectivity index (χ4v) is 3.70. The first kappa shape index (κ1) is 20.3. The highest BCUT2D eigenvalue weighted by Gasteiger charge is 2.47. The number of nitro benzene ring substituents is 1. The van der Waals surface area contributed by atoms with Gasteiger partial charge in [-0.3, -0.25) is 24.6 Å². The van der Waals surface area contributed by atoms with Crippen LogP contribution in [-0.4, -0.2) is 21.7 Å². The second kappa shape index (κ2) is 8.04. The molecule has 0 unspecified atom stereocenters. The Morgan fingerprint density at radius 2 is 1.65 bits per heavy atom. The van der Waals surface area contributed by atoms with Gasteiger partial charge in [0.2, 0.25) is 0 Å². The SMILES string of the molecule is O=C1C(=O)N(c2ccc(Cl)cc2)[C@@H](c2cccc([N+](=O)[O-])c2)C1=C(O)c1ccccc1. The Labute approximate surface area is 182 Å². The van der Waals surface area contributed by atoms with Gasteiger partial charge in [-0.25, -0.2) is 0 Å². The van der Waals surface area contributed by atoms with E-state index in [2.05, 4.69) is 0 Å². The minimum absolute atomic E-state index is 0.147. The number of nitrogens with zero attached hydrogens (tertiary/aromatic N) is 2. The summed E-state index contributed by atoms with van der Waals surface area (Å²) in [4.78, 5) is 38.0. The summed E-state index contributed by atoms with van der Waals surface area (Å²) in [5.41, 5.74) is 0.702. The Balaban J connectivity index is 1.97. The van der Waals surface area contributed by atoms with Crippen LogP contribution in [-0.2, 0) is 9.59 Å². The average Bonchev–Trinajstić information content (AvgIpc) is 3.05. The van der Waals surface area contributed by atoms with Crippen LogP contribution in [0.1, 0.15) is 17.2 Å². The second-order valence-corrected chi connectivity index (χ2v) is 7.30. The number of hydrogen-bond donors (Lipinski definition) is 1. The molecule has 154 valence electrons. The summed E-state index contributed by atoms with van der Waals surface area (Å²) >= 11 is 5.96. The van der Waals surface area contributed by atoms with Crippen molar-refractivity contribution in [2.24, 2.45) is 0 Å². The molecule has 31 heavy (non-hydrogen) atoms. The number of anilines is 1. The van der Waals surface area contributed by atoms with Crippen LogP contribution in [0.25, 0.3) is 5.76 Å². The highest BCUT2D eigenvalue weighted by molar-refractivity contribution is 6.51. The number of benzene rings is 3. The summed E-state index contributed by atoms with van der Waals surface area (Å²) in [6.45, 7) is 0. The van der Waals surface area contributed by atoms with Crippen LogP contribution in [0.2, 0.25) is 5.02 Å². The van der Waals surface area contributed by atoms with Crippen molar-refractivity contribution in [1.29, 1.82) is 0 Å². The van der Waals surface area contributed by atoms with E-state index in [1.54, 1.807) is 60.7 Å². The largest absolute Gasteiger partial charge is 0.507 e. The van der Waals surface area contributed by atoms with Crippen molar-refractivity contribution in [1.82, 2.24) is 0 Å². The van der Waals surface area contributed by atoms with Crippen molar-refractivity contribution in [3.8, 4) is 0 Å². The maximum absolute atomic E-state index is 13.0. The molecular weight excluding hydrogens is 420 g/mol. The number of non-ortho nitro benzene ring substituents is 1. The van der Waals surface area contributed by atoms with Gasteiger partial charge < -0.3 is 5.11 Å².